The maximum atomic E-state index is 12.6. The van der Waals surface area contributed by atoms with Gasteiger partial charge in [-0.05, 0) is 25.0 Å². The van der Waals surface area contributed by atoms with Gasteiger partial charge in [0.2, 0.25) is 0 Å². The quantitative estimate of drug-likeness (QED) is 0.619. The van der Waals surface area contributed by atoms with Crippen molar-refractivity contribution in [2.24, 2.45) is 5.73 Å². The molecule has 0 saturated carbocycles. The fraction of sp³-hybridized carbons (Fsp3) is 0.400. The Bertz CT molecular complexity index is 604. The molecule has 1 aliphatic heterocycles. The number of pyridine rings is 1. The first-order valence-corrected chi connectivity index (χ1v) is 6.71. The molecule has 1 unspecified atom stereocenters. The van der Waals surface area contributed by atoms with Crippen LogP contribution in [0.4, 0.5) is 0 Å². The molecule has 0 aliphatic carbocycles. The molecular formula is C15H17N3O3. The van der Waals surface area contributed by atoms with Gasteiger partial charge in [-0.2, -0.15) is 0 Å². The highest BCUT2D eigenvalue weighted by molar-refractivity contribution is 5.97. The fourth-order valence-corrected chi connectivity index (χ4v) is 2.35. The highest BCUT2D eigenvalue weighted by atomic mass is 16.5. The summed E-state index contributed by atoms with van der Waals surface area (Å²) in [7, 11) is 1.32. The topological polar surface area (TPSA) is 85.5 Å². The third-order valence-electron chi connectivity index (χ3n) is 3.32. The summed E-state index contributed by atoms with van der Waals surface area (Å²) in [5.74, 6) is 4.85. The van der Waals surface area contributed by atoms with Crippen molar-refractivity contribution in [2.75, 3.05) is 20.2 Å². The van der Waals surface area contributed by atoms with E-state index in [1.807, 2.05) is 0 Å². The van der Waals surface area contributed by atoms with Gasteiger partial charge in [0.05, 0.1) is 19.2 Å². The number of carbonyl (C=O) groups excluding carboxylic acids is 2. The van der Waals surface area contributed by atoms with E-state index < -0.39 is 12.0 Å². The summed E-state index contributed by atoms with van der Waals surface area (Å²) in [5, 5.41) is 0. The van der Waals surface area contributed by atoms with E-state index >= 15 is 0 Å². The number of carbonyl (C=O) groups is 2. The van der Waals surface area contributed by atoms with Gasteiger partial charge >= 0.3 is 5.97 Å². The molecule has 1 saturated heterocycles. The maximum absolute atomic E-state index is 12.6. The van der Waals surface area contributed by atoms with Crippen molar-refractivity contribution in [2.45, 2.75) is 18.9 Å². The highest BCUT2D eigenvalue weighted by Crippen LogP contribution is 2.21. The lowest BCUT2D eigenvalue weighted by molar-refractivity contribution is -0.145. The summed E-state index contributed by atoms with van der Waals surface area (Å²) in [4.78, 5) is 30.0. The number of hydrogen-bond acceptors (Lipinski definition) is 5. The van der Waals surface area contributed by atoms with Crippen LogP contribution in [0.2, 0.25) is 0 Å². The number of esters is 1. The van der Waals surface area contributed by atoms with E-state index in [0.717, 1.165) is 6.42 Å². The van der Waals surface area contributed by atoms with Crippen molar-refractivity contribution in [1.29, 1.82) is 0 Å². The third-order valence-corrected chi connectivity index (χ3v) is 3.32. The Morgan fingerprint density at radius 3 is 3.10 bits per heavy atom. The van der Waals surface area contributed by atoms with Gasteiger partial charge in [0.15, 0.2) is 0 Å². The first-order chi connectivity index (χ1) is 10.2. The molecular weight excluding hydrogens is 270 g/mol. The molecule has 2 rings (SSSR count). The Morgan fingerprint density at radius 2 is 2.38 bits per heavy atom. The van der Waals surface area contributed by atoms with Crippen LogP contribution < -0.4 is 5.73 Å². The largest absolute Gasteiger partial charge is 0.467 e. The second-order valence-corrected chi connectivity index (χ2v) is 4.59. The second kappa shape index (κ2) is 6.86. The second-order valence-electron chi connectivity index (χ2n) is 4.59. The Morgan fingerprint density at radius 1 is 1.57 bits per heavy atom. The number of nitrogens with zero attached hydrogens (tertiary/aromatic N) is 2. The molecule has 1 aromatic heterocycles. The summed E-state index contributed by atoms with van der Waals surface area (Å²) < 4.78 is 4.75. The molecule has 0 aromatic carbocycles. The normalized spacial score (nSPS) is 17.0. The van der Waals surface area contributed by atoms with Crippen LogP contribution in [0.15, 0.2) is 18.3 Å². The zero-order valence-corrected chi connectivity index (χ0v) is 11.8. The fourth-order valence-electron chi connectivity index (χ4n) is 2.35. The summed E-state index contributed by atoms with van der Waals surface area (Å²) in [6.45, 7) is 0.718. The van der Waals surface area contributed by atoms with Crippen LogP contribution in [0.25, 0.3) is 0 Å². The maximum Gasteiger partial charge on any atom is 0.328 e. The van der Waals surface area contributed by atoms with Gasteiger partial charge in [-0.1, -0.05) is 11.8 Å². The van der Waals surface area contributed by atoms with Crippen molar-refractivity contribution < 1.29 is 14.3 Å². The van der Waals surface area contributed by atoms with Crippen molar-refractivity contribution in [3.63, 3.8) is 0 Å². The molecule has 110 valence electrons. The summed E-state index contributed by atoms with van der Waals surface area (Å²) in [6.07, 6.45) is 2.90. The van der Waals surface area contributed by atoms with E-state index in [-0.39, 0.29) is 18.1 Å². The minimum atomic E-state index is -0.542. The van der Waals surface area contributed by atoms with Crippen LogP contribution >= 0.6 is 0 Å². The monoisotopic (exact) mass is 287 g/mol. The van der Waals surface area contributed by atoms with Gasteiger partial charge < -0.3 is 15.4 Å². The zero-order chi connectivity index (χ0) is 15.2. The minimum Gasteiger partial charge on any atom is -0.467 e. The molecule has 1 amide bonds. The van der Waals surface area contributed by atoms with Crippen molar-refractivity contribution in [3.8, 4) is 11.8 Å². The molecule has 0 radical (unpaired) electrons. The molecule has 2 N–H and O–H groups in total. The number of hydrogen-bond donors (Lipinski definition) is 1. The number of nitrogens with two attached hydrogens (primary N) is 1. The Hall–Kier alpha value is -2.39. The summed E-state index contributed by atoms with van der Waals surface area (Å²) in [5.41, 5.74) is 6.12. The van der Waals surface area contributed by atoms with Gasteiger partial charge in [-0.15, -0.1) is 0 Å². The molecule has 1 aromatic rings. The van der Waals surface area contributed by atoms with E-state index in [9.17, 15) is 9.59 Å². The van der Waals surface area contributed by atoms with Crippen LogP contribution in [0.3, 0.4) is 0 Å². The number of amides is 1. The van der Waals surface area contributed by atoms with Crippen molar-refractivity contribution in [3.05, 3.63) is 29.6 Å². The zero-order valence-electron chi connectivity index (χ0n) is 11.8. The van der Waals surface area contributed by atoms with Crippen molar-refractivity contribution in [1.82, 2.24) is 9.88 Å². The van der Waals surface area contributed by atoms with Crippen LogP contribution in [0.1, 0.15) is 28.9 Å². The lowest BCUT2D eigenvalue weighted by Gasteiger charge is -2.22. The smallest absolute Gasteiger partial charge is 0.328 e. The van der Waals surface area contributed by atoms with Gasteiger partial charge in [0, 0.05) is 12.7 Å². The van der Waals surface area contributed by atoms with Gasteiger partial charge in [-0.3, -0.25) is 4.79 Å². The summed E-state index contributed by atoms with van der Waals surface area (Å²) in [6, 6.07) is 2.88. The molecule has 0 spiro atoms. The average Bonchev–Trinajstić information content (AvgIpc) is 3.01. The number of likely N-dealkylation sites (tertiary alicyclic amines) is 1. The molecule has 6 heteroatoms. The lowest BCUT2D eigenvalue weighted by atomic mass is 10.1. The van der Waals surface area contributed by atoms with E-state index in [2.05, 4.69) is 16.8 Å². The van der Waals surface area contributed by atoms with Gasteiger partial charge in [0.1, 0.15) is 11.7 Å². The molecule has 2 heterocycles. The van der Waals surface area contributed by atoms with Crippen LogP contribution in [0.5, 0.6) is 0 Å². The van der Waals surface area contributed by atoms with E-state index in [4.69, 9.17) is 10.5 Å². The molecule has 1 aliphatic rings. The molecule has 0 bridgehead atoms. The molecule has 21 heavy (non-hydrogen) atoms. The molecule has 1 atom stereocenters. The average molecular weight is 287 g/mol. The summed E-state index contributed by atoms with van der Waals surface area (Å²) >= 11 is 0. The predicted molar refractivity (Wildman–Crippen MR) is 76.2 cm³/mol. The number of aromatic nitrogens is 1. The first kappa shape index (κ1) is 15.0. The highest BCUT2D eigenvalue weighted by Gasteiger charge is 2.36. The lowest BCUT2D eigenvalue weighted by Crippen LogP contribution is -2.41. The number of ether oxygens (including phenoxy) is 1. The predicted octanol–water partition coefficient (Wildman–Crippen LogP) is 0.169. The van der Waals surface area contributed by atoms with E-state index in [0.29, 0.717) is 18.5 Å². The van der Waals surface area contributed by atoms with Gasteiger partial charge in [0.25, 0.3) is 5.91 Å². The van der Waals surface area contributed by atoms with E-state index in [1.165, 1.54) is 18.2 Å². The Balaban J connectivity index is 2.30. The molecule has 1 fully saturated rings. The molecule has 6 nitrogen and oxygen atoms in total. The first-order valence-electron chi connectivity index (χ1n) is 6.71. The van der Waals surface area contributed by atoms with E-state index in [1.54, 1.807) is 12.1 Å². The number of rotatable bonds is 2. The van der Waals surface area contributed by atoms with Crippen molar-refractivity contribution >= 4 is 11.9 Å². The Kier molecular flexibility index (Phi) is 4.90. The third kappa shape index (κ3) is 3.20. The van der Waals surface area contributed by atoms with Gasteiger partial charge in [-0.25, -0.2) is 9.78 Å². The van der Waals surface area contributed by atoms with Crippen LogP contribution in [-0.4, -0.2) is 48.0 Å². The standard InChI is InChI=1S/C15H17N3O3/c1-21-15(20)12-7-4-10-18(12)14(19)13-11(5-2-8-16)6-3-9-17-13/h3,6,9,12H,4,7-8,10,16H2,1H3. The minimum absolute atomic E-state index is 0.205. The van der Waals surface area contributed by atoms with Crippen LogP contribution in [-0.2, 0) is 9.53 Å². The van der Waals surface area contributed by atoms with Crippen LogP contribution in [0, 0.1) is 11.8 Å². The Labute approximate surface area is 123 Å². The number of methoxy groups -OCH3 is 1. The SMILES string of the molecule is COC(=O)C1CCCN1C(=O)c1ncccc1C#CCN.